The van der Waals surface area contributed by atoms with Gasteiger partial charge in [-0.05, 0) is 52.7 Å². The molecule has 1 N–H and O–H groups in total. The maximum absolute atomic E-state index is 12.1. The van der Waals surface area contributed by atoms with Gasteiger partial charge in [0.25, 0.3) is 5.91 Å². The lowest BCUT2D eigenvalue weighted by Crippen LogP contribution is -2.12. The second kappa shape index (κ2) is 5.95. The number of halogens is 3. The van der Waals surface area contributed by atoms with Crippen molar-refractivity contribution >= 4 is 50.7 Å². The van der Waals surface area contributed by atoms with Crippen LogP contribution in [0.15, 0.2) is 40.9 Å². The minimum absolute atomic E-state index is 0.272. The lowest BCUT2D eigenvalue weighted by atomic mass is 10.2. The molecule has 0 spiro atoms. The van der Waals surface area contributed by atoms with E-state index in [0.717, 1.165) is 5.56 Å². The normalized spacial score (nSPS) is 10.3. The molecule has 0 bridgehead atoms. The molecule has 0 aromatic heterocycles. The minimum atomic E-state index is -0.272. The summed E-state index contributed by atoms with van der Waals surface area (Å²) in [4.78, 5) is 12.1. The fraction of sp³-hybridized carbons (Fsp3) is 0.0714. The molecule has 0 saturated heterocycles. The standard InChI is InChI=1S/C14H10BrCl2NO/c1-8-5-6-9(7-12(8)16)18-14(19)10-3-2-4-11(15)13(10)17/h2-7H,1H3,(H,18,19). The molecule has 1 amide bonds. The average Bonchev–Trinajstić information content (AvgIpc) is 2.37. The van der Waals surface area contributed by atoms with Gasteiger partial charge in [0, 0.05) is 15.2 Å². The monoisotopic (exact) mass is 357 g/mol. The van der Waals surface area contributed by atoms with Crippen molar-refractivity contribution in [3.8, 4) is 0 Å². The number of rotatable bonds is 2. The van der Waals surface area contributed by atoms with E-state index >= 15 is 0 Å². The summed E-state index contributed by atoms with van der Waals surface area (Å²) >= 11 is 15.4. The maximum Gasteiger partial charge on any atom is 0.257 e. The number of benzene rings is 2. The summed E-state index contributed by atoms with van der Waals surface area (Å²) in [6.45, 7) is 1.90. The largest absolute Gasteiger partial charge is 0.322 e. The van der Waals surface area contributed by atoms with E-state index in [1.807, 2.05) is 13.0 Å². The molecular formula is C14H10BrCl2NO. The third-order valence-electron chi connectivity index (χ3n) is 2.63. The van der Waals surface area contributed by atoms with Gasteiger partial charge < -0.3 is 5.32 Å². The van der Waals surface area contributed by atoms with E-state index in [2.05, 4.69) is 21.2 Å². The number of anilines is 1. The topological polar surface area (TPSA) is 29.1 Å². The Morgan fingerprint density at radius 3 is 2.63 bits per heavy atom. The number of aryl methyl sites for hydroxylation is 1. The molecule has 2 aromatic rings. The molecule has 19 heavy (non-hydrogen) atoms. The summed E-state index contributed by atoms with van der Waals surface area (Å²) in [7, 11) is 0. The molecule has 2 nitrogen and oxygen atoms in total. The van der Waals surface area contributed by atoms with Crippen molar-refractivity contribution in [1.29, 1.82) is 0 Å². The van der Waals surface area contributed by atoms with E-state index in [-0.39, 0.29) is 5.91 Å². The summed E-state index contributed by atoms with van der Waals surface area (Å²) in [6.07, 6.45) is 0. The van der Waals surface area contributed by atoms with Gasteiger partial charge in [-0.25, -0.2) is 0 Å². The van der Waals surface area contributed by atoms with Gasteiger partial charge in [-0.1, -0.05) is 35.3 Å². The molecule has 2 rings (SSSR count). The molecule has 0 aliphatic heterocycles. The highest BCUT2D eigenvalue weighted by atomic mass is 79.9. The molecule has 0 heterocycles. The lowest BCUT2D eigenvalue weighted by molar-refractivity contribution is 0.102. The second-order valence-electron chi connectivity index (χ2n) is 4.02. The third kappa shape index (κ3) is 3.30. The van der Waals surface area contributed by atoms with Crippen molar-refractivity contribution in [3.63, 3.8) is 0 Å². The van der Waals surface area contributed by atoms with Crippen LogP contribution in [0.2, 0.25) is 10.0 Å². The number of hydrogen-bond acceptors (Lipinski definition) is 1. The summed E-state index contributed by atoms with van der Waals surface area (Å²) in [6, 6.07) is 10.6. The molecule has 0 fully saturated rings. The molecule has 0 aliphatic rings. The fourth-order valence-electron chi connectivity index (χ4n) is 1.55. The summed E-state index contributed by atoms with van der Waals surface area (Å²) in [5, 5.41) is 3.76. The Morgan fingerprint density at radius 2 is 1.95 bits per heavy atom. The summed E-state index contributed by atoms with van der Waals surface area (Å²) < 4.78 is 0.684. The van der Waals surface area contributed by atoms with Crippen LogP contribution < -0.4 is 5.32 Å². The lowest BCUT2D eigenvalue weighted by Gasteiger charge is -2.08. The first-order valence-corrected chi connectivity index (χ1v) is 7.05. The van der Waals surface area contributed by atoms with Crippen molar-refractivity contribution in [3.05, 3.63) is 62.0 Å². The first-order valence-electron chi connectivity index (χ1n) is 5.50. The highest BCUT2D eigenvalue weighted by molar-refractivity contribution is 9.10. The van der Waals surface area contributed by atoms with Crippen LogP contribution in [0.4, 0.5) is 5.69 Å². The SMILES string of the molecule is Cc1ccc(NC(=O)c2cccc(Br)c2Cl)cc1Cl. The molecule has 0 radical (unpaired) electrons. The molecule has 0 atom stereocenters. The molecular weight excluding hydrogens is 349 g/mol. The first-order chi connectivity index (χ1) is 8.99. The van der Waals surface area contributed by atoms with E-state index in [0.29, 0.717) is 25.8 Å². The van der Waals surface area contributed by atoms with Crippen LogP contribution in [-0.2, 0) is 0 Å². The smallest absolute Gasteiger partial charge is 0.257 e. The Kier molecular flexibility index (Phi) is 4.50. The van der Waals surface area contributed by atoms with Gasteiger partial charge in [0.05, 0.1) is 10.6 Å². The minimum Gasteiger partial charge on any atom is -0.322 e. The van der Waals surface area contributed by atoms with Crippen molar-refractivity contribution in [2.75, 3.05) is 5.32 Å². The van der Waals surface area contributed by atoms with Gasteiger partial charge in [-0.3, -0.25) is 4.79 Å². The van der Waals surface area contributed by atoms with Gasteiger partial charge in [-0.15, -0.1) is 0 Å². The predicted octanol–water partition coefficient (Wildman–Crippen LogP) is 5.32. The Bertz CT molecular complexity index is 643. The molecule has 5 heteroatoms. The van der Waals surface area contributed by atoms with Crippen LogP contribution in [0, 0.1) is 6.92 Å². The van der Waals surface area contributed by atoms with Crippen LogP contribution in [0.3, 0.4) is 0 Å². The number of amides is 1. The molecule has 0 saturated carbocycles. The Balaban J connectivity index is 2.26. The number of nitrogens with one attached hydrogen (secondary N) is 1. The quantitative estimate of drug-likeness (QED) is 0.773. The number of hydrogen-bond donors (Lipinski definition) is 1. The zero-order chi connectivity index (χ0) is 14.0. The van der Waals surface area contributed by atoms with Gasteiger partial charge in [0.1, 0.15) is 0 Å². The van der Waals surface area contributed by atoms with E-state index < -0.39 is 0 Å². The van der Waals surface area contributed by atoms with Crippen LogP contribution in [0.25, 0.3) is 0 Å². The van der Waals surface area contributed by atoms with E-state index in [1.54, 1.807) is 30.3 Å². The highest BCUT2D eigenvalue weighted by Gasteiger charge is 2.12. The molecule has 0 aliphatic carbocycles. The van der Waals surface area contributed by atoms with Crippen molar-refractivity contribution in [2.24, 2.45) is 0 Å². The zero-order valence-electron chi connectivity index (χ0n) is 10.0. The van der Waals surface area contributed by atoms with E-state index in [9.17, 15) is 4.79 Å². The third-order valence-corrected chi connectivity index (χ3v) is 4.33. The highest BCUT2D eigenvalue weighted by Crippen LogP contribution is 2.27. The first kappa shape index (κ1) is 14.4. The van der Waals surface area contributed by atoms with Crippen LogP contribution >= 0.6 is 39.1 Å². The molecule has 2 aromatic carbocycles. The Morgan fingerprint density at radius 1 is 1.21 bits per heavy atom. The fourth-order valence-corrected chi connectivity index (χ4v) is 2.31. The van der Waals surface area contributed by atoms with Gasteiger partial charge in [0.2, 0.25) is 0 Å². The summed E-state index contributed by atoms with van der Waals surface area (Å²) in [5.74, 6) is -0.272. The number of carbonyl (C=O) groups is 1. The summed E-state index contributed by atoms with van der Waals surface area (Å²) in [5.41, 5.74) is 2.00. The van der Waals surface area contributed by atoms with E-state index in [1.165, 1.54) is 0 Å². The molecule has 98 valence electrons. The van der Waals surface area contributed by atoms with Crippen LogP contribution in [0.1, 0.15) is 15.9 Å². The van der Waals surface area contributed by atoms with E-state index in [4.69, 9.17) is 23.2 Å². The van der Waals surface area contributed by atoms with Crippen molar-refractivity contribution < 1.29 is 4.79 Å². The van der Waals surface area contributed by atoms with Crippen molar-refractivity contribution in [2.45, 2.75) is 6.92 Å². The average molecular weight is 359 g/mol. The van der Waals surface area contributed by atoms with Crippen LogP contribution in [0.5, 0.6) is 0 Å². The van der Waals surface area contributed by atoms with Crippen LogP contribution in [-0.4, -0.2) is 5.91 Å². The predicted molar refractivity (Wildman–Crippen MR) is 83.3 cm³/mol. The Labute approximate surface area is 129 Å². The maximum atomic E-state index is 12.1. The van der Waals surface area contributed by atoms with Gasteiger partial charge in [0.15, 0.2) is 0 Å². The van der Waals surface area contributed by atoms with Crippen molar-refractivity contribution in [1.82, 2.24) is 0 Å². The zero-order valence-corrected chi connectivity index (χ0v) is 13.1. The number of carbonyl (C=O) groups excluding carboxylic acids is 1. The van der Waals surface area contributed by atoms with Gasteiger partial charge in [-0.2, -0.15) is 0 Å². The molecule has 0 unspecified atom stereocenters. The second-order valence-corrected chi connectivity index (χ2v) is 5.66. The Hall–Kier alpha value is -1.03. The van der Waals surface area contributed by atoms with Gasteiger partial charge >= 0.3 is 0 Å².